The van der Waals surface area contributed by atoms with Crippen molar-refractivity contribution in [2.45, 2.75) is 6.54 Å². The summed E-state index contributed by atoms with van der Waals surface area (Å²) in [5, 5.41) is 3.78. The van der Waals surface area contributed by atoms with E-state index < -0.39 is 6.09 Å². The Balaban J connectivity index is 1.68. The van der Waals surface area contributed by atoms with Crippen molar-refractivity contribution in [2.24, 2.45) is 4.99 Å². The first kappa shape index (κ1) is 19.7. The molecule has 0 unspecified atom stereocenters. The van der Waals surface area contributed by atoms with E-state index in [1.807, 2.05) is 30.3 Å². The van der Waals surface area contributed by atoms with Crippen LogP contribution in [0.1, 0.15) is 11.1 Å². The molecule has 1 amide bonds. The van der Waals surface area contributed by atoms with Crippen molar-refractivity contribution in [3.05, 3.63) is 100 Å². The van der Waals surface area contributed by atoms with E-state index in [4.69, 9.17) is 28.0 Å². The molecule has 0 saturated carbocycles. The molecule has 0 bridgehead atoms. The van der Waals surface area contributed by atoms with Gasteiger partial charge in [0.15, 0.2) is 5.84 Å². The summed E-state index contributed by atoms with van der Waals surface area (Å²) < 4.78 is 0. The first-order chi connectivity index (χ1) is 13.6. The van der Waals surface area contributed by atoms with E-state index in [9.17, 15) is 4.79 Å². The maximum atomic E-state index is 12.1. The predicted octanol–water partition coefficient (Wildman–Crippen LogP) is 5.69. The number of hydrogen-bond donors (Lipinski definition) is 2. The van der Waals surface area contributed by atoms with Crippen molar-refractivity contribution in [1.82, 2.24) is 5.48 Å². The van der Waals surface area contributed by atoms with E-state index in [0.717, 1.165) is 11.1 Å². The Morgan fingerprint density at radius 1 is 0.857 bits per heavy atom. The highest BCUT2D eigenvalue weighted by Crippen LogP contribution is 2.14. The Hall–Kier alpha value is -3.02. The summed E-state index contributed by atoms with van der Waals surface area (Å²) in [6.07, 6.45) is -0.677. The summed E-state index contributed by atoms with van der Waals surface area (Å²) >= 11 is 11.8. The molecule has 0 aromatic heterocycles. The van der Waals surface area contributed by atoms with Crippen LogP contribution in [0.5, 0.6) is 0 Å². The molecular formula is C21H17Cl2N3O2. The van der Waals surface area contributed by atoms with Gasteiger partial charge in [0.25, 0.3) is 0 Å². The van der Waals surface area contributed by atoms with Crippen LogP contribution in [0.4, 0.5) is 10.5 Å². The number of nitrogens with zero attached hydrogens (tertiary/aromatic N) is 1. The zero-order valence-electron chi connectivity index (χ0n) is 14.7. The number of carbonyl (C=O) groups excluding carboxylic acids is 1. The van der Waals surface area contributed by atoms with Gasteiger partial charge in [0.2, 0.25) is 0 Å². The number of anilines is 1. The zero-order valence-corrected chi connectivity index (χ0v) is 16.2. The predicted molar refractivity (Wildman–Crippen MR) is 113 cm³/mol. The van der Waals surface area contributed by atoms with Crippen LogP contribution in [0.2, 0.25) is 10.0 Å². The van der Waals surface area contributed by atoms with E-state index in [0.29, 0.717) is 28.1 Å². The molecule has 3 aromatic rings. The van der Waals surface area contributed by atoms with Gasteiger partial charge in [-0.3, -0.25) is 10.3 Å². The van der Waals surface area contributed by atoms with Crippen molar-refractivity contribution in [3.63, 3.8) is 0 Å². The van der Waals surface area contributed by atoms with Gasteiger partial charge < -0.3 is 4.84 Å². The second-order valence-electron chi connectivity index (χ2n) is 5.78. The first-order valence-corrected chi connectivity index (χ1v) is 9.19. The van der Waals surface area contributed by atoms with Gasteiger partial charge in [0.1, 0.15) is 0 Å². The van der Waals surface area contributed by atoms with Crippen LogP contribution < -0.4 is 10.8 Å². The molecule has 7 heteroatoms. The summed E-state index contributed by atoms with van der Waals surface area (Å²) in [6.45, 7) is 0.425. The van der Waals surface area contributed by atoms with E-state index in [1.165, 1.54) is 0 Å². The van der Waals surface area contributed by atoms with Crippen molar-refractivity contribution < 1.29 is 9.63 Å². The number of nitrogens with one attached hydrogen (secondary N) is 2. The minimum Gasteiger partial charge on any atom is -0.322 e. The quantitative estimate of drug-likeness (QED) is 0.327. The fourth-order valence-electron chi connectivity index (χ4n) is 2.32. The number of hydrogen-bond acceptors (Lipinski definition) is 3. The molecule has 2 N–H and O–H groups in total. The molecule has 28 heavy (non-hydrogen) atoms. The fourth-order valence-corrected chi connectivity index (χ4v) is 2.57. The smallest absolute Gasteiger partial charge is 0.322 e. The number of amidine groups is 1. The number of hydroxylamine groups is 1. The molecular weight excluding hydrogens is 397 g/mol. The normalized spacial score (nSPS) is 11.0. The topological polar surface area (TPSA) is 62.7 Å². The van der Waals surface area contributed by atoms with Crippen molar-refractivity contribution in [3.8, 4) is 0 Å². The summed E-state index contributed by atoms with van der Waals surface area (Å²) in [4.78, 5) is 21.7. The van der Waals surface area contributed by atoms with Crippen LogP contribution in [0, 0.1) is 0 Å². The highest BCUT2D eigenvalue weighted by atomic mass is 35.5. The average molecular weight is 414 g/mol. The average Bonchev–Trinajstić information content (AvgIpc) is 2.71. The molecule has 0 heterocycles. The lowest BCUT2D eigenvalue weighted by Gasteiger charge is -2.11. The van der Waals surface area contributed by atoms with Gasteiger partial charge in [-0.05, 0) is 54.1 Å². The minimum atomic E-state index is -0.677. The van der Waals surface area contributed by atoms with Gasteiger partial charge >= 0.3 is 6.09 Å². The van der Waals surface area contributed by atoms with Gasteiger partial charge in [-0.25, -0.2) is 4.79 Å². The van der Waals surface area contributed by atoms with Crippen LogP contribution >= 0.6 is 23.2 Å². The maximum absolute atomic E-state index is 12.1. The van der Waals surface area contributed by atoms with Gasteiger partial charge in [0, 0.05) is 21.3 Å². The zero-order chi connectivity index (χ0) is 19.8. The van der Waals surface area contributed by atoms with Gasteiger partial charge in [-0.1, -0.05) is 53.5 Å². The van der Waals surface area contributed by atoms with Crippen LogP contribution in [0.3, 0.4) is 0 Å². The minimum absolute atomic E-state index is 0.409. The molecule has 0 aliphatic carbocycles. The Morgan fingerprint density at radius 2 is 1.46 bits per heavy atom. The van der Waals surface area contributed by atoms with Crippen molar-refractivity contribution in [2.75, 3.05) is 5.32 Å². The third-order valence-electron chi connectivity index (χ3n) is 3.71. The van der Waals surface area contributed by atoms with E-state index in [1.54, 1.807) is 48.5 Å². The molecule has 0 saturated heterocycles. The number of aliphatic imine (C=N–C) groups is 1. The molecule has 142 valence electrons. The maximum Gasteiger partial charge on any atom is 0.435 e. The fraction of sp³-hybridized carbons (Fsp3) is 0.0476. The largest absolute Gasteiger partial charge is 0.435 e. The lowest BCUT2D eigenvalue weighted by molar-refractivity contribution is 0.135. The molecule has 0 aliphatic heterocycles. The monoisotopic (exact) mass is 413 g/mol. The molecule has 0 atom stereocenters. The molecule has 0 fully saturated rings. The second kappa shape index (κ2) is 9.78. The van der Waals surface area contributed by atoms with Crippen LogP contribution in [-0.4, -0.2) is 11.9 Å². The van der Waals surface area contributed by atoms with Gasteiger partial charge in [-0.2, -0.15) is 5.48 Å². The van der Waals surface area contributed by atoms with Crippen LogP contribution in [0.25, 0.3) is 0 Å². The number of rotatable bonds is 4. The first-order valence-electron chi connectivity index (χ1n) is 8.44. The molecule has 0 spiro atoms. The van der Waals surface area contributed by atoms with E-state index in [-0.39, 0.29) is 0 Å². The lowest BCUT2D eigenvalue weighted by Crippen LogP contribution is -2.30. The highest BCUT2D eigenvalue weighted by Gasteiger charge is 2.08. The molecule has 3 rings (SSSR count). The number of halogens is 2. The van der Waals surface area contributed by atoms with Gasteiger partial charge in [-0.15, -0.1) is 0 Å². The van der Waals surface area contributed by atoms with E-state index >= 15 is 0 Å². The molecule has 5 nitrogen and oxygen atoms in total. The van der Waals surface area contributed by atoms with E-state index in [2.05, 4.69) is 15.8 Å². The summed E-state index contributed by atoms with van der Waals surface area (Å²) in [5.41, 5.74) is 4.95. The Labute approximate surface area is 172 Å². The standard InChI is InChI=1S/C21H17Cl2N3O2/c22-17-8-6-16(7-9-17)20(24-14-15-4-2-1-3-5-15)26-28-21(27)25-19-12-10-18(23)11-13-19/h1-13H,14H2,(H,24,26)(H,25,27). The summed E-state index contributed by atoms with van der Waals surface area (Å²) in [5.74, 6) is 0.409. The summed E-state index contributed by atoms with van der Waals surface area (Å²) in [7, 11) is 0. The van der Waals surface area contributed by atoms with Crippen molar-refractivity contribution in [1.29, 1.82) is 0 Å². The molecule has 0 radical (unpaired) electrons. The Bertz CT molecular complexity index is 944. The van der Waals surface area contributed by atoms with Crippen LogP contribution in [0.15, 0.2) is 83.9 Å². The second-order valence-corrected chi connectivity index (χ2v) is 6.65. The SMILES string of the molecule is O=C(Nc1ccc(Cl)cc1)ONC(=NCc1ccccc1)c1ccc(Cl)cc1. The Morgan fingerprint density at radius 3 is 2.11 bits per heavy atom. The highest BCUT2D eigenvalue weighted by molar-refractivity contribution is 6.31. The van der Waals surface area contributed by atoms with Gasteiger partial charge in [0.05, 0.1) is 6.54 Å². The van der Waals surface area contributed by atoms with Crippen LogP contribution in [-0.2, 0) is 11.4 Å². The number of carbonyl (C=O) groups is 1. The Kier molecular flexibility index (Phi) is 6.89. The number of amides is 1. The molecule has 3 aromatic carbocycles. The lowest BCUT2D eigenvalue weighted by atomic mass is 10.2. The third-order valence-corrected chi connectivity index (χ3v) is 4.22. The summed E-state index contributed by atoms with van der Waals surface area (Å²) in [6, 6.07) is 23.5. The van der Waals surface area contributed by atoms with Crippen molar-refractivity contribution >= 4 is 40.8 Å². The third kappa shape index (κ3) is 6.01. The molecule has 0 aliphatic rings. The number of benzene rings is 3.